The molecule has 0 bridgehead atoms. The standard InChI is InChI=1S/C12H10ClN5S/c1-7-6-18-5-2-8(9(13)11(18)17-7)19-12-10(14)15-3-4-16-12/h2-6H,1H3,(H2,14,15). The molecule has 0 atom stereocenters. The number of imidazole rings is 1. The Morgan fingerprint density at radius 1 is 1.32 bits per heavy atom. The molecule has 0 fully saturated rings. The van der Waals surface area contributed by atoms with Gasteiger partial charge in [0.2, 0.25) is 0 Å². The highest BCUT2D eigenvalue weighted by molar-refractivity contribution is 7.99. The number of fused-ring (bicyclic) bond motifs is 1. The number of pyridine rings is 1. The Bertz CT molecular complexity index is 755. The van der Waals surface area contributed by atoms with E-state index in [-0.39, 0.29) is 0 Å². The van der Waals surface area contributed by atoms with Crippen LogP contribution in [0.5, 0.6) is 0 Å². The van der Waals surface area contributed by atoms with Crippen molar-refractivity contribution in [1.29, 1.82) is 0 Å². The molecule has 0 spiro atoms. The molecule has 96 valence electrons. The van der Waals surface area contributed by atoms with Gasteiger partial charge in [0.05, 0.1) is 10.7 Å². The lowest BCUT2D eigenvalue weighted by Crippen LogP contribution is -1.95. The van der Waals surface area contributed by atoms with Crippen molar-refractivity contribution in [2.75, 3.05) is 5.73 Å². The first-order chi connectivity index (χ1) is 9.15. The maximum Gasteiger partial charge on any atom is 0.156 e. The number of halogens is 1. The average Bonchev–Trinajstić information content (AvgIpc) is 2.77. The minimum Gasteiger partial charge on any atom is -0.381 e. The third-order valence-electron chi connectivity index (χ3n) is 2.55. The highest BCUT2D eigenvalue weighted by atomic mass is 35.5. The van der Waals surface area contributed by atoms with Crippen molar-refractivity contribution < 1.29 is 0 Å². The second-order valence-corrected chi connectivity index (χ2v) is 5.36. The monoisotopic (exact) mass is 291 g/mol. The lowest BCUT2D eigenvalue weighted by molar-refractivity contribution is 1.07. The SMILES string of the molecule is Cc1cn2ccc(Sc3nccnc3N)c(Cl)c2n1. The summed E-state index contributed by atoms with van der Waals surface area (Å²) >= 11 is 7.75. The van der Waals surface area contributed by atoms with E-state index in [0.717, 1.165) is 16.2 Å². The molecule has 0 amide bonds. The number of nitrogens with two attached hydrogens (primary N) is 1. The van der Waals surface area contributed by atoms with Crippen molar-refractivity contribution in [2.24, 2.45) is 0 Å². The molecule has 2 N–H and O–H groups in total. The molecule has 3 rings (SSSR count). The zero-order valence-electron chi connectivity index (χ0n) is 10.0. The fourth-order valence-corrected chi connectivity index (χ4v) is 2.83. The van der Waals surface area contributed by atoms with Gasteiger partial charge in [0, 0.05) is 29.7 Å². The molecule has 0 radical (unpaired) electrons. The maximum atomic E-state index is 6.36. The number of anilines is 1. The summed E-state index contributed by atoms with van der Waals surface area (Å²) in [5, 5.41) is 1.22. The Hall–Kier alpha value is -1.79. The maximum absolute atomic E-state index is 6.36. The van der Waals surface area contributed by atoms with Gasteiger partial charge in [-0.25, -0.2) is 15.0 Å². The van der Waals surface area contributed by atoms with Crippen LogP contribution in [0.15, 0.2) is 40.8 Å². The van der Waals surface area contributed by atoms with E-state index in [4.69, 9.17) is 17.3 Å². The van der Waals surface area contributed by atoms with Crippen LogP contribution < -0.4 is 5.73 Å². The summed E-state index contributed by atoms with van der Waals surface area (Å²) in [6.07, 6.45) is 7.00. The van der Waals surface area contributed by atoms with Crippen LogP contribution in [0.4, 0.5) is 5.82 Å². The molecule has 3 aromatic rings. The molecule has 0 aromatic carbocycles. The highest BCUT2D eigenvalue weighted by Crippen LogP contribution is 2.35. The van der Waals surface area contributed by atoms with Crippen molar-refractivity contribution in [3.05, 3.63) is 41.6 Å². The molecule has 0 unspecified atom stereocenters. The summed E-state index contributed by atoms with van der Waals surface area (Å²) in [5.41, 5.74) is 7.42. The fraction of sp³-hybridized carbons (Fsp3) is 0.0833. The lowest BCUT2D eigenvalue weighted by atomic mass is 10.5. The van der Waals surface area contributed by atoms with Crippen molar-refractivity contribution in [2.45, 2.75) is 16.8 Å². The molecule has 7 heteroatoms. The summed E-state index contributed by atoms with van der Waals surface area (Å²) in [7, 11) is 0. The zero-order chi connectivity index (χ0) is 13.4. The molecule has 3 aromatic heterocycles. The van der Waals surface area contributed by atoms with Crippen LogP contribution >= 0.6 is 23.4 Å². The molecule has 0 aliphatic heterocycles. The molecular weight excluding hydrogens is 282 g/mol. The number of nitrogens with zero attached hydrogens (tertiary/aromatic N) is 4. The Balaban J connectivity index is 2.06. The van der Waals surface area contributed by atoms with Gasteiger partial charge in [-0.15, -0.1) is 0 Å². The molecule has 5 nitrogen and oxygen atoms in total. The number of aryl methyl sites for hydroxylation is 1. The van der Waals surface area contributed by atoms with E-state index in [9.17, 15) is 0 Å². The highest BCUT2D eigenvalue weighted by Gasteiger charge is 2.12. The van der Waals surface area contributed by atoms with Crippen LogP contribution in [-0.2, 0) is 0 Å². The third kappa shape index (κ3) is 2.24. The van der Waals surface area contributed by atoms with Gasteiger partial charge in [-0.1, -0.05) is 23.4 Å². The quantitative estimate of drug-likeness (QED) is 0.786. The van der Waals surface area contributed by atoms with Gasteiger partial charge in [-0.3, -0.25) is 0 Å². The zero-order valence-corrected chi connectivity index (χ0v) is 11.6. The van der Waals surface area contributed by atoms with E-state index >= 15 is 0 Å². The van der Waals surface area contributed by atoms with E-state index in [1.807, 2.05) is 29.8 Å². The first-order valence-electron chi connectivity index (χ1n) is 5.53. The molecule has 0 saturated carbocycles. The van der Waals surface area contributed by atoms with Gasteiger partial charge in [-0.05, 0) is 13.0 Å². The van der Waals surface area contributed by atoms with Crippen LogP contribution in [0.2, 0.25) is 5.02 Å². The van der Waals surface area contributed by atoms with Gasteiger partial charge >= 0.3 is 0 Å². The summed E-state index contributed by atoms with van der Waals surface area (Å²) < 4.78 is 1.89. The van der Waals surface area contributed by atoms with Crippen molar-refractivity contribution in [1.82, 2.24) is 19.4 Å². The fourth-order valence-electron chi connectivity index (χ4n) is 1.72. The number of aromatic nitrogens is 4. The molecule has 19 heavy (non-hydrogen) atoms. The number of nitrogen functional groups attached to an aromatic ring is 1. The summed E-state index contributed by atoms with van der Waals surface area (Å²) in [6, 6.07) is 1.91. The average molecular weight is 292 g/mol. The summed E-state index contributed by atoms with van der Waals surface area (Å²) in [5.74, 6) is 0.392. The van der Waals surface area contributed by atoms with Gasteiger partial charge in [0.15, 0.2) is 11.5 Å². The van der Waals surface area contributed by atoms with Crippen LogP contribution in [0.1, 0.15) is 5.69 Å². The second-order valence-electron chi connectivity index (χ2n) is 3.96. The molecule has 0 aliphatic rings. The van der Waals surface area contributed by atoms with Gasteiger partial charge in [0.1, 0.15) is 5.03 Å². The van der Waals surface area contributed by atoms with E-state index in [2.05, 4.69) is 15.0 Å². The van der Waals surface area contributed by atoms with E-state index in [1.165, 1.54) is 11.8 Å². The Kier molecular flexibility index (Phi) is 3.04. The largest absolute Gasteiger partial charge is 0.381 e. The minimum absolute atomic E-state index is 0.392. The number of hydrogen-bond acceptors (Lipinski definition) is 5. The topological polar surface area (TPSA) is 69.1 Å². The van der Waals surface area contributed by atoms with E-state index in [0.29, 0.717) is 15.9 Å². The van der Waals surface area contributed by atoms with Crippen molar-refractivity contribution in [3.63, 3.8) is 0 Å². The van der Waals surface area contributed by atoms with Gasteiger partial charge in [0.25, 0.3) is 0 Å². The summed E-state index contributed by atoms with van der Waals surface area (Å²) in [4.78, 5) is 13.4. The van der Waals surface area contributed by atoms with E-state index < -0.39 is 0 Å². The number of hydrogen-bond donors (Lipinski definition) is 1. The Morgan fingerprint density at radius 3 is 2.89 bits per heavy atom. The van der Waals surface area contributed by atoms with Gasteiger partial charge in [-0.2, -0.15) is 0 Å². The normalized spacial score (nSPS) is 11.1. The van der Waals surface area contributed by atoms with Crippen LogP contribution in [0.25, 0.3) is 5.65 Å². The predicted molar refractivity (Wildman–Crippen MR) is 75.5 cm³/mol. The first kappa shape index (κ1) is 12.3. The van der Waals surface area contributed by atoms with Crippen LogP contribution in [0.3, 0.4) is 0 Å². The van der Waals surface area contributed by atoms with Gasteiger partial charge < -0.3 is 10.1 Å². The number of rotatable bonds is 2. The lowest BCUT2D eigenvalue weighted by Gasteiger charge is -2.06. The summed E-state index contributed by atoms with van der Waals surface area (Å²) in [6.45, 7) is 1.93. The predicted octanol–water partition coefficient (Wildman–Crippen LogP) is 2.82. The first-order valence-corrected chi connectivity index (χ1v) is 6.73. The molecule has 3 heterocycles. The molecular formula is C12H10ClN5S. The second kappa shape index (κ2) is 4.71. The Labute approximate surface area is 118 Å². The van der Waals surface area contributed by atoms with Crippen molar-refractivity contribution >= 4 is 34.8 Å². The Morgan fingerprint density at radius 2 is 2.11 bits per heavy atom. The minimum atomic E-state index is 0.392. The van der Waals surface area contributed by atoms with Crippen LogP contribution in [0, 0.1) is 6.92 Å². The molecule has 0 aliphatic carbocycles. The molecule has 0 saturated heterocycles. The van der Waals surface area contributed by atoms with Crippen molar-refractivity contribution in [3.8, 4) is 0 Å². The third-order valence-corrected chi connectivity index (χ3v) is 4.10. The van der Waals surface area contributed by atoms with E-state index in [1.54, 1.807) is 12.4 Å². The van der Waals surface area contributed by atoms with Crippen LogP contribution in [-0.4, -0.2) is 19.4 Å². The smallest absolute Gasteiger partial charge is 0.156 e.